The first-order valence-corrected chi connectivity index (χ1v) is 5.35. The van der Waals surface area contributed by atoms with E-state index in [1.54, 1.807) is 0 Å². The van der Waals surface area contributed by atoms with Crippen molar-refractivity contribution in [1.82, 2.24) is 5.32 Å². The van der Waals surface area contributed by atoms with Gasteiger partial charge in [-0.15, -0.1) is 0 Å². The molecule has 1 aliphatic heterocycles. The van der Waals surface area contributed by atoms with Crippen LogP contribution < -0.4 is 5.32 Å². The number of halogens is 1. The molecule has 1 unspecified atom stereocenters. The fraction of sp³-hybridized carbons (Fsp3) is 0.400. The maximum absolute atomic E-state index is 3.47. The SMILES string of the molecule is CC1Cc2cccc(I)c2CN1. The fourth-order valence-electron chi connectivity index (χ4n) is 1.67. The Balaban J connectivity index is 2.42. The lowest BCUT2D eigenvalue weighted by Gasteiger charge is -2.23. The molecule has 0 bridgehead atoms. The van der Waals surface area contributed by atoms with E-state index in [0.29, 0.717) is 6.04 Å². The van der Waals surface area contributed by atoms with Gasteiger partial charge >= 0.3 is 0 Å². The normalized spacial score (nSPS) is 22.0. The van der Waals surface area contributed by atoms with Crippen LogP contribution in [-0.2, 0) is 13.0 Å². The summed E-state index contributed by atoms with van der Waals surface area (Å²) < 4.78 is 1.39. The van der Waals surface area contributed by atoms with Crippen LogP contribution in [0.3, 0.4) is 0 Å². The van der Waals surface area contributed by atoms with Crippen LogP contribution in [0.4, 0.5) is 0 Å². The van der Waals surface area contributed by atoms with Crippen LogP contribution in [0.1, 0.15) is 18.1 Å². The molecule has 0 spiro atoms. The van der Waals surface area contributed by atoms with Crippen molar-refractivity contribution in [3.8, 4) is 0 Å². The Morgan fingerprint density at radius 2 is 2.33 bits per heavy atom. The third-order valence-electron chi connectivity index (χ3n) is 2.37. The second kappa shape index (κ2) is 3.34. The lowest BCUT2D eigenvalue weighted by atomic mass is 9.97. The van der Waals surface area contributed by atoms with Gasteiger partial charge < -0.3 is 5.32 Å². The lowest BCUT2D eigenvalue weighted by Crippen LogP contribution is -2.33. The third-order valence-corrected chi connectivity index (χ3v) is 3.38. The summed E-state index contributed by atoms with van der Waals surface area (Å²) in [6, 6.07) is 7.21. The van der Waals surface area contributed by atoms with Crippen molar-refractivity contribution in [1.29, 1.82) is 0 Å². The minimum atomic E-state index is 0.635. The maximum atomic E-state index is 3.47. The highest BCUT2D eigenvalue weighted by Crippen LogP contribution is 2.21. The summed E-state index contributed by atoms with van der Waals surface area (Å²) in [5, 5.41) is 3.47. The maximum Gasteiger partial charge on any atom is 0.0221 e. The fourth-order valence-corrected chi connectivity index (χ4v) is 2.42. The predicted octanol–water partition coefficient (Wildman–Crippen LogP) is 2.33. The van der Waals surface area contributed by atoms with Crippen molar-refractivity contribution in [2.75, 3.05) is 0 Å². The van der Waals surface area contributed by atoms with Gasteiger partial charge in [0.25, 0.3) is 0 Å². The Morgan fingerprint density at radius 3 is 3.17 bits per heavy atom. The van der Waals surface area contributed by atoms with Crippen LogP contribution in [0.5, 0.6) is 0 Å². The van der Waals surface area contributed by atoms with Gasteiger partial charge in [0.05, 0.1) is 0 Å². The summed E-state index contributed by atoms with van der Waals surface area (Å²) in [6.45, 7) is 3.28. The molecule has 1 aromatic carbocycles. The number of hydrogen-bond acceptors (Lipinski definition) is 1. The molecule has 1 atom stereocenters. The highest BCUT2D eigenvalue weighted by Gasteiger charge is 2.15. The molecule has 1 aliphatic rings. The Hall–Kier alpha value is -0.0900. The van der Waals surface area contributed by atoms with Crippen LogP contribution in [0.2, 0.25) is 0 Å². The molecule has 0 saturated heterocycles. The van der Waals surface area contributed by atoms with Gasteiger partial charge in [-0.25, -0.2) is 0 Å². The van der Waals surface area contributed by atoms with E-state index in [2.05, 4.69) is 53.0 Å². The molecule has 0 radical (unpaired) electrons. The van der Waals surface area contributed by atoms with Gasteiger partial charge in [-0.05, 0) is 53.1 Å². The van der Waals surface area contributed by atoms with E-state index in [1.165, 1.54) is 21.1 Å². The molecule has 1 aromatic rings. The summed E-state index contributed by atoms with van der Waals surface area (Å²) >= 11 is 2.41. The zero-order chi connectivity index (χ0) is 8.55. The van der Waals surface area contributed by atoms with E-state index in [4.69, 9.17) is 0 Å². The molecule has 1 heterocycles. The number of benzene rings is 1. The van der Waals surface area contributed by atoms with Crippen molar-refractivity contribution in [3.05, 3.63) is 32.9 Å². The number of nitrogens with one attached hydrogen (secondary N) is 1. The van der Waals surface area contributed by atoms with Gasteiger partial charge in [-0.1, -0.05) is 12.1 Å². The van der Waals surface area contributed by atoms with Crippen LogP contribution in [0.15, 0.2) is 18.2 Å². The average molecular weight is 273 g/mol. The zero-order valence-electron chi connectivity index (χ0n) is 7.10. The summed E-state index contributed by atoms with van der Waals surface area (Å²) in [5.74, 6) is 0. The zero-order valence-corrected chi connectivity index (χ0v) is 9.26. The van der Waals surface area contributed by atoms with Crippen molar-refractivity contribution < 1.29 is 0 Å². The van der Waals surface area contributed by atoms with Crippen molar-refractivity contribution in [2.24, 2.45) is 0 Å². The Morgan fingerprint density at radius 1 is 1.50 bits per heavy atom. The minimum Gasteiger partial charge on any atom is -0.310 e. The molecule has 64 valence electrons. The molecule has 2 rings (SSSR count). The second-order valence-electron chi connectivity index (χ2n) is 3.36. The standard InChI is InChI=1S/C10H12IN/c1-7-5-8-3-2-4-10(11)9(8)6-12-7/h2-4,7,12H,5-6H2,1H3. The molecule has 0 saturated carbocycles. The van der Waals surface area contributed by atoms with Crippen LogP contribution in [0.25, 0.3) is 0 Å². The summed E-state index contributed by atoms with van der Waals surface area (Å²) in [5.41, 5.74) is 3.02. The second-order valence-corrected chi connectivity index (χ2v) is 4.53. The van der Waals surface area contributed by atoms with Gasteiger partial charge in [-0.2, -0.15) is 0 Å². The van der Waals surface area contributed by atoms with Gasteiger partial charge in [0, 0.05) is 16.2 Å². The molecule has 0 amide bonds. The van der Waals surface area contributed by atoms with Crippen molar-refractivity contribution in [2.45, 2.75) is 25.9 Å². The molecule has 1 nitrogen and oxygen atoms in total. The van der Waals surface area contributed by atoms with Gasteiger partial charge in [0.2, 0.25) is 0 Å². The highest BCUT2D eigenvalue weighted by molar-refractivity contribution is 14.1. The van der Waals surface area contributed by atoms with E-state index in [9.17, 15) is 0 Å². The number of rotatable bonds is 0. The van der Waals surface area contributed by atoms with Crippen LogP contribution in [-0.4, -0.2) is 6.04 Å². The quantitative estimate of drug-likeness (QED) is 0.715. The molecule has 0 fully saturated rings. The first-order chi connectivity index (χ1) is 5.77. The summed E-state index contributed by atoms with van der Waals surface area (Å²) in [7, 11) is 0. The first kappa shape index (κ1) is 8.51. The van der Waals surface area contributed by atoms with Gasteiger partial charge in [0.1, 0.15) is 0 Å². The Labute approximate surface area is 86.7 Å². The Kier molecular flexibility index (Phi) is 2.37. The topological polar surface area (TPSA) is 12.0 Å². The lowest BCUT2D eigenvalue weighted by molar-refractivity contribution is 0.512. The van der Waals surface area contributed by atoms with Crippen LogP contribution >= 0.6 is 22.6 Å². The number of hydrogen-bond donors (Lipinski definition) is 1. The predicted molar refractivity (Wildman–Crippen MR) is 59.2 cm³/mol. The smallest absolute Gasteiger partial charge is 0.0221 e. The molecular weight excluding hydrogens is 261 g/mol. The molecule has 1 N–H and O–H groups in total. The van der Waals surface area contributed by atoms with Crippen LogP contribution in [0, 0.1) is 3.57 Å². The molecular formula is C10H12IN. The number of fused-ring (bicyclic) bond motifs is 1. The molecule has 0 aromatic heterocycles. The third kappa shape index (κ3) is 1.50. The monoisotopic (exact) mass is 273 g/mol. The first-order valence-electron chi connectivity index (χ1n) is 4.27. The van der Waals surface area contributed by atoms with E-state index in [-0.39, 0.29) is 0 Å². The summed E-state index contributed by atoms with van der Waals surface area (Å²) in [4.78, 5) is 0. The Bertz CT molecular complexity index is 296. The average Bonchev–Trinajstić information content (AvgIpc) is 2.04. The highest BCUT2D eigenvalue weighted by atomic mass is 127. The van der Waals surface area contributed by atoms with E-state index >= 15 is 0 Å². The van der Waals surface area contributed by atoms with E-state index in [1.807, 2.05) is 0 Å². The van der Waals surface area contributed by atoms with Gasteiger partial charge in [0.15, 0.2) is 0 Å². The van der Waals surface area contributed by atoms with Crippen molar-refractivity contribution >= 4 is 22.6 Å². The van der Waals surface area contributed by atoms with Crippen molar-refractivity contribution in [3.63, 3.8) is 0 Å². The van der Waals surface area contributed by atoms with E-state index < -0.39 is 0 Å². The molecule has 0 aliphatic carbocycles. The summed E-state index contributed by atoms with van der Waals surface area (Å²) in [6.07, 6.45) is 1.17. The van der Waals surface area contributed by atoms with E-state index in [0.717, 1.165) is 6.54 Å². The molecule has 2 heteroatoms. The minimum absolute atomic E-state index is 0.635. The largest absolute Gasteiger partial charge is 0.310 e. The molecule has 12 heavy (non-hydrogen) atoms. The van der Waals surface area contributed by atoms with Gasteiger partial charge in [-0.3, -0.25) is 0 Å².